The van der Waals surface area contributed by atoms with Crippen molar-refractivity contribution in [2.75, 3.05) is 0 Å². The fraction of sp³-hybridized carbons (Fsp3) is 0.471. The van der Waals surface area contributed by atoms with E-state index in [1.807, 2.05) is 13.0 Å². The summed E-state index contributed by atoms with van der Waals surface area (Å²) in [6.07, 6.45) is 4.64. The first-order chi connectivity index (χ1) is 11.5. The average molecular weight is 331 g/mol. The summed E-state index contributed by atoms with van der Waals surface area (Å²) >= 11 is 0. The SMILES string of the molecule is C[C@H](Cn1cncn1)NC(=O)N[C@@H]1c2cccc(F)c2CC[C@@H]1C. The lowest BCUT2D eigenvalue weighted by Crippen LogP contribution is -2.46. The Labute approximate surface area is 140 Å². The molecule has 1 aliphatic rings. The van der Waals surface area contributed by atoms with E-state index in [1.165, 1.54) is 12.4 Å². The Morgan fingerprint density at radius 3 is 3.08 bits per heavy atom. The van der Waals surface area contributed by atoms with Gasteiger partial charge in [-0.3, -0.25) is 4.68 Å². The predicted octanol–water partition coefficient (Wildman–Crippen LogP) is 2.43. The van der Waals surface area contributed by atoms with E-state index in [-0.39, 0.29) is 29.8 Å². The van der Waals surface area contributed by atoms with Crippen molar-refractivity contribution in [1.29, 1.82) is 0 Å². The fourth-order valence-electron chi connectivity index (χ4n) is 3.26. The molecule has 3 rings (SSSR count). The Balaban J connectivity index is 1.65. The Hall–Kier alpha value is -2.44. The summed E-state index contributed by atoms with van der Waals surface area (Å²) in [6.45, 7) is 4.52. The van der Waals surface area contributed by atoms with Crippen LogP contribution in [-0.4, -0.2) is 26.8 Å². The van der Waals surface area contributed by atoms with E-state index in [1.54, 1.807) is 17.1 Å². The number of hydrogen-bond donors (Lipinski definition) is 2. The third-order valence-corrected chi connectivity index (χ3v) is 4.50. The molecule has 24 heavy (non-hydrogen) atoms. The van der Waals surface area contributed by atoms with Crippen molar-refractivity contribution < 1.29 is 9.18 Å². The highest BCUT2D eigenvalue weighted by Crippen LogP contribution is 2.35. The molecule has 0 fully saturated rings. The Bertz CT molecular complexity index is 703. The van der Waals surface area contributed by atoms with Gasteiger partial charge in [-0.25, -0.2) is 14.2 Å². The van der Waals surface area contributed by atoms with Gasteiger partial charge in [0.2, 0.25) is 0 Å². The number of aromatic nitrogens is 3. The molecule has 1 aliphatic carbocycles. The number of rotatable bonds is 4. The lowest BCUT2D eigenvalue weighted by Gasteiger charge is -2.32. The van der Waals surface area contributed by atoms with E-state index >= 15 is 0 Å². The van der Waals surface area contributed by atoms with Crippen LogP contribution in [0.1, 0.15) is 37.4 Å². The van der Waals surface area contributed by atoms with E-state index in [0.29, 0.717) is 13.0 Å². The van der Waals surface area contributed by atoms with Crippen molar-refractivity contribution in [3.8, 4) is 0 Å². The second-order valence-electron chi connectivity index (χ2n) is 6.44. The highest BCUT2D eigenvalue weighted by Gasteiger charge is 2.29. The van der Waals surface area contributed by atoms with Crippen molar-refractivity contribution in [2.45, 2.75) is 45.3 Å². The number of carbonyl (C=O) groups excluding carboxylic acids is 1. The number of carbonyl (C=O) groups is 1. The highest BCUT2D eigenvalue weighted by molar-refractivity contribution is 5.75. The number of hydrogen-bond acceptors (Lipinski definition) is 3. The lowest BCUT2D eigenvalue weighted by atomic mass is 9.80. The molecule has 2 amide bonds. The number of nitrogens with one attached hydrogen (secondary N) is 2. The van der Waals surface area contributed by atoms with E-state index < -0.39 is 0 Å². The lowest BCUT2D eigenvalue weighted by molar-refractivity contribution is 0.224. The molecule has 2 N–H and O–H groups in total. The zero-order chi connectivity index (χ0) is 17.1. The Morgan fingerprint density at radius 2 is 2.33 bits per heavy atom. The third kappa shape index (κ3) is 3.55. The molecule has 2 aromatic rings. The topological polar surface area (TPSA) is 71.8 Å². The second kappa shape index (κ2) is 6.98. The molecule has 6 nitrogen and oxygen atoms in total. The number of fused-ring (bicyclic) bond motifs is 1. The van der Waals surface area contributed by atoms with Gasteiger partial charge in [-0.1, -0.05) is 19.1 Å². The van der Waals surface area contributed by atoms with Gasteiger partial charge in [0.05, 0.1) is 12.6 Å². The number of halogens is 1. The normalized spacial score (nSPS) is 21.0. The van der Waals surface area contributed by atoms with Crippen LogP contribution in [0.3, 0.4) is 0 Å². The van der Waals surface area contributed by atoms with Crippen LogP contribution in [0.25, 0.3) is 0 Å². The first kappa shape index (κ1) is 16.4. The number of urea groups is 1. The zero-order valence-corrected chi connectivity index (χ0v) is 13.9. The largest absolute Gasteiger partial charge is 0.334 e. The molecule has 0 saturated heterocycles. The van der Waals surface area contributed by atoms with Crippen LogP contribution in [0, 0.1) is 11.7 Å². The van der Waals surface area contributed by atoms with Crippen LogP contribution < -0.4 is 10.6 Å². The maximum Gasteiger partial charge on any atom is 0.315 e. The van der Waals surface area contributed by atoms with Gasteiger partial charge in [0.1, 0.15) is 18.5 Å². The van der Waals surface area contributed by atoms with Crippen molar-refractivity contribution in [3.05, 3.63) is 47.8 Å². The second-order valence-corrected chi connectivity index (χ2v) is 6.44. The summed E-state index contributed by atoms with van der Waals surface area (Å²) in [5.74, 6) is 0.0711. The molecule has 1 heterocycles. The number of amides is 2. The van der Waals surface area contributed by atoms with E-state index in [2.05, 4.69) is 27.6 Å². The maximum absolute atomic E-state index is 14.0. The molecule has 0 aliphatic heterocycles. The van der Waals surface area contributed by atoms with Gasteiger partial charge in [0.15, 0.2) is 0 Å². The first-order valence-electron chi connectivity index (χ1n) is 8.21. The van der Waals surface area contributed by atoms with Crippen molar-refractivity contribution >= 4 is 6.03 Å². The van der Waals surface area contributed by atoms with Gasteiger partial charge >= 0.3 is 6.03 Å². The van der Waals surface area contributed by atoms with E-state index in [0.717, 1.165) is 17.5 Å². The van der Waals surface area contributed by atoms with Crippen LogP contribution in [0.15, 0.2) is 30.9 Å². The van der Waals surface area contributed by atoms with Gasteiger partial charge in [0.25, 0.3) is 0 Å². The van der Waals surface area contributed by atoms with Gasteiger partial charge in [-0.2, -0.15) is 5.10 Å². The van der Waals surface area contributed by atoms with Crippen LogP contribution >= 0.6 is 0 Å². The molecule has 0 saturated carbocycles. The minimum Gasteiger partial charge on any atom is -0.334 e. The van der Waals surface area contributed by atoms with Crippen LogP contribution in [0.4, 0.5) is 9.18 Å². The summed E-state index contributed by atoms with van der Waals surface area (Å²) in [7, 11) is 0. The standard InChI is InChI=1S/C17H22FN5O/c1-11-6-7-13-14(4-3-5-15(13)18)16(11)22-17(24)21-12(2)8-23-10-19-9-20-23/h3-5,9-12,16H,6-8H2,1-2H3,(H2,21,22,24)/t11-,12+,16-/m0/s1. The van der Waals surface area contributed by atoms with E-state index in [9.17, 15) is 9.18 Å². The average Bonchev–Trinajstić information content (AvgIpc) is 3.03. The smallest absolute Gasteiger partial charge is 0.315 e. The summed E-state index contributed by atoms with van der Waals surface area (Å²) in [6, 6.07) is 4.55. The van der Waals surface area contributed by atoms with Gasteiger partial charge in [-0.15, -0.1) is 0 Å². The molecule has 0 radical (unpaired) electrons. The van der Waals surface area contributed by atoms with Crippen molar-refractivity contribution in [1.82, 2.24) is 25.4 Å². The van der Waals surface area contributed by atoms with Crippen LogP contribution in [-0.2, 0) is 13.0 Å². The summed E-state index contributed by atoms with van der Waals surface area (Å²) < 4.78 is 15.7. The number of benzene rings is 1. The minimum atomic E-state index is -0.253. The molecular weight excluding hydrogens is 309 g/mol. The third-order valence-electron chi connectivity index (χ3n) is 4.50. The molecule has 3 atom stereocenters. The fourth-order valence-corrected chi connectivity index (χ4v) is 3.26. The van der Waals surface area contributed by atoms with Gasteiger partial charge in [-0.05, 0) is 42.9 Å². The molecule has 0 unspecified atom stereocenters. The monoisotopic (exact) mass is 331 g/mol. The summed E-state index contributed by atoms with van der Waals surface area (Å²) in [4.78, 5) is 16.2. The maximum atomic E-state index is 14.0. The van der Waals surface area contributed by atoms with Crippen LogP contribution in [0.2, 0.25) is 0 Å². The Kier molecular flexibility index (Phi) is 4.78. The van der Waals surface area contributed by atoms with Crippen molar-refractivity contribution in [2.24, 2.45) is 5.92 Å². The van der Waals surface area contributed by atoms with Gasteiger partial charge < -0.3 is 10.6 Å². The summed E-state index contributed by atoms with van der Waals surface area (Å²) in [5, 5.41) is 9.92. The molecule has 0 spiro atoms. The Morgan fingerprint density at radius 1 is 1.50 bits per heavy atom. The van der Waals surface area contributed by atoms with Crippen LogP contribution in [0.5, 0.6) is 0 Å². The number of nitrogens with zero attached hydrogens (tertiary/aromatic N) is 3. The molecule has 7 heteroatoms. The predicted molar refractivity (Wildman–Crippen MR) is 87.8 cm³/mol. The molecular formula is C17H22FN5O. The minimum absolute atomic E-state index is 0.0995. The van der Waals surface area contributed by atoms with Gasteiger partial charge in [0, 0.05) is 6.04 Å². The van der Waals surface area contributed by atoms with Crippen molar-refractivity contribution in [3.63, 3.8) is 0 Å². The molecule has 128 valence electrons. The van der Waals surface area contributed by atoms with E-state index in [4.69, 9.17) is 0 Å². The molecule has 0 bridgehead atoms. The summed E-state index contributed by atoms with van der Waals surface area (Å²) in [5.41, 5.74) is 1.60. The highest BCUT2D eigenvalue weighted by atomic mass is 19.1. The molecule has 1 aromatic carbocycles. The zero-order valence-electron chi connectivity index (χ0n) is 13.9. The first-order valence-corrected chi connectivity index (χ1v) is 8.21. The quantitative estimate of drug-likeness (QED) is 0.904. The molecule has 1 aromatic heterocycles.